The van der Waals surface area contributed by atoms with Crippen molar-refractivity contribution < 1.29 is 124 Å². The first kappa shape index (κ1) is 154. The topological polar surface area (TPSA) is 380 Å². The molecule has 1 aliphatic rings. The summed E-state index contributed by atoms with van der Waals surface area (Å²) in [6.07, 6.45) is 1.55. The summed E-state index contributed by atoms with van der Waals surface area (Å²) < 4.78 is 57.2. The highest BCUT2D eigenvalue weighted by Gasteiger charge is 2.45. The fourth-order valence-corrected chi connectivity index (χ4v) is 19.8. The van der Waals surface area contributed by atoms with Gasteiger partial charge in [-0.1, -0.05) is 153 Å². The fraction of sp³-hybridized carbons (Fsp3) is 0.808. The van der Waals surface area contributed by atoms with Gasteiger partial charge in [-0.3, -0.25) is 28.8 Å². The van der Waals surface area contributed by atoms with Crippen LogP contribution in [0.5, 0.6) is 0 Å². The molecule has 1 saturated carbocycles. The molecule has 7 atom stereocenters. The largest absolute Gasteiger partial charge is 0.481 e. The molecular weight excluding hydrogens is 1470 g/mol. The molecule has 0 spiro atoms. The van der Waals surface area contributed by atoms with Crippen LogP contribution < -0.4 is 0 Å². The SMILES string of the molecule is C.C.C.C.C.C.C.C.C.C.C.C.C.C.C.C.C.C.C=CC(=O)OC1CC(COC(=O)C(C)(C)CC(CSC[Si](CO)(OC)OC)C(=O)O)CCC1O.C=CC(=O)OCC(O)COC(=O)C(C)(C)CC(C)(CSC[Si](C)(OC)OC)C(=O)O.C=COC(=O)C(C)(C)CC(CSC[Si](CO)(OC)OC)C(=O)O. The van der Waals surface area contributed by atoms with Crippen molar-refractivity contribution in [1.82, 2.24) is 0 Å². The quantitative estimate of drug-likeness (QED) is 0.00981. The Bertz CT molecular complexity index is 2170. The number of carbonyl (C=O) groups excluding carboxylic acids is 5. The van der Waals surface area contributed by atoms with Gasteiger partial charge >= 0.3 is 73.4 Å². The lowest BCUT2D eigenvalue weighted by molar-refractivity contribution is -0.163. The van der Waals surface area contributed by atoms with Crippen LogP contribution >= 0.6 is 35.3 Å². The third kappa shape index (κ3) is 58.0. The highest BCUT2D eigenvalue weighted by Crippen LogP contribution is 2.39. The van der Waals surface area contributed by atoms with E-state index in [0.29, 0.717) is 35.4 Å². The van der Waals surface area contributed by atoms with Gasteiger partial charge in [0.25, 0.3) is 0 Å². The Morgan fingerprint density at radius 3 is 1.22 bits per heavy atom. The van der Waals surface area contributed by atoms with E-state index in [1.54, 1.807) is 62.7 Å². The maximum absolute atomic E-state index is 12.8. The number of aliphatic hydroxyl groups excluding tert-OH is 4. The number of rotatable bonds is 42. The molecule has 7 unspecified atom stereocenters. The number of thioether (sulfide) groups is 3. The van der Waals surface area contributed by atoms with Gasteiger partial charge in [-0.25, -0.2) is 9.59 Å². The molecule has 32 heteroatoms. The van der Waals surface area contributed by atoms with Crippen LogP contribution in [0.15, 0.2) is 38.2 Å². The molecule has 0 heterocycles. The lowest BCUT2D eigenvalue weighted by Crippen LogP contribution is -2.48. The second-order valence-electron chi connectivity index (χ2n) is 22.9. The number of aliphatic hydroxyl groups is 4. The summed E-state index contributed by atoms with van der Waals surface area (Å²) in [4.78, 5) is 94.7. The van der Waals surface area contributed by atoms with Crippen LogP contribution in [-0.2, 0) is 88.6 Å². The highest BCUT2D eigenvalue weighted by atomic mass is 32.2. The molecule has 0 bridgehead atoms. The van der Waals surface area contributed by atoms with Crippen LogP contribution in [0.2, 0.25) is 6.55 Å². The van der Waals surface area contributed by atoms with Crippen molar-refractivity contribution in [1.29, 1.82) is 0 Å². The maximum atomic E-state index is 12.8. The minimum Gasteiger partial charge on any atom is -0.481 e. The third-order valence-corrected chi connectivity index (χ3v) is 29.9. The second-order valence-corrected chi connectivity index (χ2v) is 37.5. The first-order valence-electron chi connectivity index (χ1n) is 27.5. The fourth-order valence-electron chi connectivity index (χ4n) is 8.15. The van der Waals surface area contributed by atoms with E-state index in [-0.39, 0.29) is 208 Å². The number of carboxylic acids is 3. The molecule has 1 aliphatic carbocycles. The molecule has 0 saturated heterocycles. The molecule has 1 fully saturated rings. The Morgan fingerprint density at radius 1 is 0.514 bits per heavy atom. The van der Waals surface area contributed by atoms with Crippen molar-refractivity contribution in [2.75, 3.05) is 108 Å². The molecule has 648 valence electrons. The van der Waals surface area contributed by atoms with Crippen LogP contribution in [-0.4, -0.2) is 236 Å². The summed E-state index contributed by atoms with van der Waals surface area (Å²) >= 11 is 4.06. The smallest absolute Gasteiger partial charge is 0.374 e. The summed E-state index contributed by atoms with van der Waals surface area (Å²) in [5.41, 5.74) is -4.29. The van der Waals surface area contributed by atoms with Crippen LogP contribution in [0, 0.1) is 39.4 Å². The predicted molar refractivity (Wildman–Crippen MR) is 454 cm³/mol. The summed E-state index contributed by atoms with van der Waals surface area (Å²) in [5, 5.41) is 68.8. The van der Waals surface area contributed by atoms with Crippen molar-refractivity contribution in [3.63, 3.8) is 0 Å². The Kier molecular flexibility index (Phi) is 111. The van der Waals surface area contributed by atoms with Gasteiger partial charge in [-0.2, -0.15) is 35.3 Å². The van der Waals surface area contributed by atoms with Crippen molar-refractivity contribution >= 4 is 109 Å². The Morgan fingerprint density at radius 2 is 0.886 bits per heavy atom. The zero-order valence-corrected chi connectivity index (χ0v) is 58.4. The van der Waals surface area contributed by atoms with Gasteiger partial charge in [-0.15, -0.1) is 0 Å². The minimum atomic E-state index is -2.78. The van der Waals surface area contributed by atoms with E-state index in [1.807, 2.05) is 6.55 Å². The van der Waals surface area contributed by atoms with Crippen LogP contribution in [0.4, 0.5) is 0 Å². The molecule has 105 heavy (non-hydrogen) atoms. The molecule has 0 aromatic carbocycles. The van der Waals surface area contributed by atoms with E-state index in [2.05, 4.69) is 24.5 Å². The first-order valence-corrected chi connectivity index (χ1v) is 37.9. The van der Waals surface area contributed by atoms with Gasteiger partial charge in [0.1, 0.15) is 25.4 Å². The van der Waals surface area contributed by atoms with Gasteiger partial charge in [-0.05, 0) is 99.5 Å². The summed E-state index contributed by atoms with van der Waals surface area (Å²) in [5.74, 6) is -6.88. The monoisotopic (exact) mass is 1640 g/mol. The van der Waals surface area contributed by atoms with E-state index in [4.69, 9.17) is 45.5 Å². The number of ether oxygens (including phenoxy) is 5. The molecule has 0 radical (unpaired) electrons. The Labute approximate surface area is 660 Å². The number of aliphatic carboxylic acids is 3. The van der Waals surface area contributed by atoms with E-state index >= 15 is 0 Å². The molecule has 0 amide bonds. The summed E-state index contributed by atoms with van der Waals surface area (Å²) in [6.45, 7) is 22.5. The van der Waals surface area contributed by atoms with Crippen molar-refractivity contribution in [2.24, 2.45) is 39.4 Å². The number of carbonyl (C=O) groups is 8. The van der Waals surface area contributed by atoms with Crippen molar-refractivity contribution in [2.45, 2.75) is 246 Å². The van der Waals surface area contributed by atoms with Crippen LogP contribution in [0.3, 0.4) is 0 Å². The number of hydrogen-bond donors (Lipinski definition) is 7. The molecule has 26 nitrogen and oxygen atoms in total. The number of carboxylic acid groups (broad SMARTS) is 3. The van der Waals surface area contributed by atoms with Gasteiger partial charge < -0.3 is 86.0 Å². The lowest BCUT2D eigenvalue weighted by Gasteiger charge is -2.33. The standard InChI is InChI=1S/C22H38O10SSi.C19H34O9SSi.C14H26O7SSi.18CH4/c1-6-19(25)32-18-9-15(7-8-17(18)24)11-31-21(28)22(2,3)10-16(20(26)27)12-33-14-34(13-23,29-4)30-5;1-8-15(21)27-9-14(20)10-28-17(24)18(2,3)11-19(4,16(22)23)12-29-13-30(7,25-5)26-6;1-6-21-13(18)14(2,3)7-11(12(16)17)8-22-10-23(9-15,19-4)20-5;;;;;;;;;;;;;;;;;;/h6,15-18,23-24H,1,7-14H2,2-5H3,(H,26,27);8,14,20H,1,9-13H2,2-7H3,(H,22,23);6,11,15H,1,7-10H2,2-5H3,(H,16,17);18*1H4. The molecule has 0 aliphatic heterocycles. The van der Waals surface area contributed by atoms with Crippen molar-refractivity contribution in [3.8, 4) is 0 Å². The Balaban J connectivity index is -0.0000000535. The van der Waals surface area contributed by atoms with Gasteiger partial charge in [0.05, 0.1) is 64.9 Å². The Hall–Kier alpha value is -3.72. The normalized spacial score (nSPS) is 14.4. The zero-order valence-electron chi connectivity index (χ0n) is 53.0. The molecule has 0 aromatic heterocycles. The third-order valence-electron chi connectivity index (χ3n) is 14.1. The molecule has 1 rings (SSSR count). The summed E-state index contributed by atoms with van der Waals surface area (Å²) in [7, 11) is 1.17. The lowest BCUT2D eigenvalue weighted by atomic mass is 9.75. The number of esters is 5. The van der Waals surface area contributed by atoms with Gasteiger partial charge in [0.15, 0.2) is 0 Å². The molecule has 7 N–H and O–H groups in total. The van der Waals surface area contributed by atoms with Gasteiger partial charge in [0, 0.05) is 88.2 Å². The average Bonchev–Trinajstić information content (AvgIpc) is 0.828. The van der Waals surface area contributed by atoms with E-state index in [9.17, 15) is 74.1 Å². The number of hydrogen-bond acceptors (Lipinski definition) is 26. The maximum Gasteiger partial charge on any atom is 0.374 e. The van der Waals surface area contributed by atoms with E-state index in [0.717, 1.165) is 18.4 Å². The minimum absolute atomic E-state index is 0. The van der Waals surface area contributed by atoms with E-state index in [1.165, 1.54) is 63.7 Å². The first-order chi connectivity index (χ1) is 40.4. The average molecular weight is 1640 g/mol. The predicted octanol–water partition coefficient (Wildman–Crippen LogP) is 16.0. The summed E-state index contributed by atoms with van der Waals surface area (Å²) in [6, 6.07) is 0. The van der Waals surface area contributed by atoms with Crippen LogP contribution in [0.1, 0.15) is 221 Å². The molecule has 0 aromatic rings. The van der Waals surface area contributed by atoms with Gasteiger partial charge in [0.2, 0.25) is 0 Å². The highest BCUT2D eigenvalue weighted by molar-refractivity contribution is 8.01. The van der Waals surface area contributed by atoms with E-state index < -0.39 is 125 Å². The van der Waals surface area contributed by atoms with Crippen LogP contribution in [0.25, 0.3) is 0 Å². The molecular formula is C73H170O26S3Si3. The van der Waals surface area contributed by atoms with Crippen molar-refractivity contribution in [3.05, 3.63) is 38.2 Å². The second kappa shape index (κ2) is 75.7. The zero-order chi connectivity index (χ0) is 67.6.